The second kappa shape index (κ2) is 11.9. The summed E-state index contributed by atoms with van der Waals surface area (Å²) in [6.07, 6.45) is 1.25. The number of nitrogens with zero attached hydrogens (tertiary/aromatic N) is 1. The Morgan fingerprint density at radius 1 is 1.07 bits per heavy atom. The van der Waals surface area contributed by atoms with Crippen LogP contribution in [0.4, 0.5) is 4.39 Å². The van der Waals surface area contributed by atoms with Gasteiger partial charge in [0.1, 0.15) is 17.6 Å². The van der Waals surface area contributed by atoms with Gasteiger partial charge in [-0.2, -0.15) is 0 Å². The van der Waals surface area contributed by atoms with Gasteiger partial charge in [0.2, 0.25) is 5.91 Å². The maximum atomic E-state index is 13.3. The number of benzene rings is 2. The van der Waals surface area contributed by atoms with Crippen molar-refractivity contribution >= 4 is 34.4 Å². The molecule has 0 radical (unpaired) electrons. The van der Waals surface area contributed by atoms with E-state index in [1.807, 2.05) is 32.9 Å². The van der Waals surface area contributed by atoms with Crippen LogP contribution in [0.5, 0.6) is 5.75 Å². The first-order valence-electron chi connectivity index (χ1n) is 10.1. The molecule has 162 valence electrons. The van der Waals surface area contributed by atoms with Crippen LogP contribution in [0, 0.1) is 9.39 Å². The molecule has 0 aliphatic carbocycles. The average molecular weight is 526 g/mol. The lowest BCUT2D eigenvalue weighted by molar-refractivity contribution is -0.143. The van der Waals surface area contributed by atoms with Crippen LogP contribution < -0.4 is 10.1 Å². The number of hydrogen-bond acceptors (Lipinski definition) is 3. The van der Waals surface area contributed by atoms with Crippen molar-refractivity contribution in [2.75, 3.05) is 6.61 Å². The summed E-state index contributed by atoms with van der Waals surface area (Å²) < 4.78 is 20.0. The summed E-state index contributed by atoms with van der Waals surface area (Å²) in [5, 5.41) is 2.96. The molecular formula is C23H28FIN2O3. The van der Waals surface area contributed by atoms with Gasteiger partial charge in [0.15, 0.2) is 6.61 Å². The predicted molar refractivity (Wildman–Crippen MR) is 124 cm³/mol. The van der Waals surface area contributed by atoms with Crippen LogP contribution >= 0.6 is 22.6 Å². The van der Waals surface area contributed by atoms with Gasteiger partial charge in [0, 0.05) is 16.2 Å². The first-order chi connectivity index (χ1) is 14.3. The largest absolute Gasteiger partial charge is 0.484 e. The summed E-state index contributed by atoms with van der Waals surface area (Å²) in [6.45, 7) is 5.79. The third-order valence-electron chi connectivity index (χ3n) is 4.83. The molecule has 2 aromatic rings. The maximum Gasteiger partial charge on any atom is 0.261 e. The van der Waals surface area contributed by atoms with E-state index < -0.39 is 6.04 Å². The van der Waals surface area contributed by atoms with Crippen LogP contribution in [0.1, 0.15) is 39.2 Å². The molecule has 0 unspecified atom stereocenters. The second-order valence-corrected chi connectivity index (χ2v) is 8.38. The first-order valence-corrected chi connectivity index (χ1v) is 11.1. The lowest BCUT2D eigenvalue weighted by atomic mass is 10.1. The number of nitrogens with one attached hydrogen (secondary N) is 1. The van der Waals surface area contributed by atoms with Gasteiger partial charge in [0.05, 0.1) is 0 Å². The highest BCUT2D eigenvalue weighted by Crippen LogP contribution is 2.16. The van der Waals surface area contributed by atoms with Crippen LogP contribution in [-0.4, -0.2) is 35.4 Å². The van der Waals surface area contributed by atoms with Gasteiger partial charge in [-0.15, -0.1) is 0 Å². The molecule has 1 N–H and O–H groups in total. The fourth-order valence-corrected chi connectivity index (χ4v) is 3.27. The zero-order valence-electron chi connectivity index (χ0n) is 17.5. The van der Waals surface area contributed by atoms with E-state index in [2.05, 4.69) is 27.9 Å². The minimum atomic E-state index is -0.642. The third-order valence-corrected chi connectivity index (χ3v) is 5.55. The van der Waals surface area contributed by atoms with Gasteiger partial charge in [0.25, 0.3) is 5.91 Å². The molecule has 2 atom stereocenters. The van der Waals surface area contributed by atoms with Crippen LogP contribution in [0.25, 0.3) is 0 Å². The van der Waals surface area contributed by atoms with Crippen molar-refractivity contribution in [2.45, 2.75) is 52.2 Å². The summed E-state index contributed by atoms with van der Waals surface area (Å²) >= 11 is 2.19. The van der Waals surface area contributed by atoms with Gasteiger partial charge in [-0.05, 0) is 84.3 Å². The minimum Gasteiger partial charge on any atom is -0.484 e. The molecule has 0 aliphatic heterocycles. The van der Waals surface area contributed by atoms with Crippen LogP contribution in [0.15, 0.2) is 48.5 Å². The number of carbonyl (C=O) groups excluding carboxylic acids is 2. The van der Waals surface area contributed by atoms with E-state index in [0.29, 0.717) is 12.2 Å². The van der Waals surface area contributed by atoms with Crippen LogP contribution in [0.3, 0.4) is 0 Å². The first kappa shape index (κ1) is 24.1. The number of amides is 2. The van der Waals surface area contributed by atoms with Crippen molar-refractivity contribution < 1.29 is 18.7 Å². The molecule has 0 aromatic heterocycles. The summed E-state index contributed by atoms with van der Waals surface area (Å²) in [4.78, 5) is 27.4. The number of hydrogen-bond donors (Lipinski definition) is 1. The van der Waals surface area contributed by atoms with Crippen molar-refractivity contribution in [1.29, 1.82) is 0 Å². The van der Waals surface area contributed by atoms with Gasteiger partial charge >= 0.3 is 0 Å². The zero-order valence-corrected chi connectivity index (χ0v) is 19.7. The number of rotatable bonds is 10. The van der Waals surface area contributed by atoms with E-state index in [1.165, 1.54) is 17.0 Å². The third kappa shape index (κ3) is 7.27. The highest BCUT2D eigenvalue weighted by Gasteiger charge is 2.29. The Bertz CT molecular complexity index is 827. The van der Waals surface area contributed by atoms with Crippen molar-refractivity contribution in [1.82, 2.24) is 10.2 Å². The van der Waals surface area contributed by atoms with Crippen molar-refractivity contribution in [2.24, 2.45) is 0 Å². The Balaban J connectivity index is 2.19. The molecule has 7 heteroatoms. The monoisotopic (exact) mass is 526 g/mol. The molecule has 30 heavy (non-hydrogen) atoms. The smallest absolute Gasteiger partial charge is 0.261 e. The van der Waals surface area contributed by atoms with E-state index in [9.17, 15) is 14.0 Å². The molecule has 0 heterocycles. The Kier molecular flexibility index (Phi) is 9.55. The fourth-order valence-electron chi connectivity index (χ4n) is 2.91. The maximum absolute atomic E-state index is 13.3. The average Bonchev–Trinajstić information content (AvgIpc) is 2.74. The standard InChI is InChI=1S/C23H28FIN2O3/c1-4-16(3)26-23(29)21(5-2)27(14-17-6-8-18(24)9-7-17)22(28)15-30-20-12-10-19(25)11-13-20/h6-13,16,21H,4-5,14-15H2,1-3H3,(H,26,29)/t16-,21+/m1/s1. The molecule has 0 spiro atoms. The van der Waals surface area contributed by atoms with E-state index >= 15 is 0 Å². The molecule has 0 aliphatic rings. The highest BCUT2D eigenvalue weighted by atomic mass is 127. The van der Waals surface area contributed by atoms with Crippen molar-refractivity contribution in [3.8, 4) is 5.75 Å². The van der Waals surface area contributed by atoms with Gasteiger partial charge in [-0.3, -0.25) is 9.59 Å². The molecule has 0 saturated carbocycles. The normalized spacial score (nSPS) is 12.7. The molecule has 5 nitrogen and oxygen atoms in total. The number of halogens is 2. The Hall–Kier alpha value is -2.16. The lowest BCUT2D eigenvalue weighted by Gasteiger charge is -2.31. The Morgan fingerprint density at radius 3 is 2.27 bits per heavy atom. The number of carbonyl (C=O) groups is 2. The van der Waals surface area contributed by atoms with Crippen molar-refractivity contribution in [3.63, 3.8) is 0 Å². The SMILES string of the molecule is CC[C@@H](C)NC(=O)[C@H](CC)N(Cc1ccc(F)cc1)C(=O)COc1ccc(I)cc1. The Labute approximate surface area is 191 Å². The quantitative estimate of drug-likeness (QED) is 0.463. The zero-order chi connectivity index (χ0) is 22.1. The van der Waals surface area contributed by atoms with Crippen LogP contribution in [0.2, 0.25) is 0 Å². The van der Waals surface area contributed by atoms with E-state index in [1.54, 1.807) is 24.3 Å². The summed E-state index contributed by atoms with van der Waals surface area (Å²) in [5.74, 6) is -0.261. The van der Waals surface area contributed by atoms with Gasteiger partial charge < -0.3 is 15.0 Å². The fraction of sp³-hybridized carbons (Fsp3) is 0.391. The molecular weight excluding hydrogens is 498 g/mol. The summed E-state index contributed by atoms with van der Waals surface area (Å²) in [6, 6.07) is 12.7. The molecule has 0 fully saturated rings. The van der Waals surface area contributed by atoms with E-state index in [4.69, 9.17) is 4.74 Å². The molecule has 2 amide bonds. The minimum absolute atomic E-state index is 0.0114. The van der Waals surface area contributed by atoms with E-state index in [-0.39, 0.29) is 36.8 Å². The Morgan fingerprint density at radius 2 is 1.70 bits per heavy atom. The lowest BCUT2D eigenvalue weighted by Crippen LogP contribution is -2.51. The van der Waals surface area contributed by atoms with E-state index in [0.717, 1.165) is 15.6 Å². The highest BCUT2D eigenvalue weighted by molar-refractivity contribution is 14.1. The molecule has 0 saturated heterocycles. The number of ether oxygens (including phenoxy) is 1. The van der Waals surface area contributed by atoms with Crippen LogP contribution in [-0.2, 0) is 16.1 Å². The second-order valence-electron chi connectivity index (χ2n) is 7.13. The molecule has 2 rings (SSSR count). The predicted octanol–water partition coefficient (Wildman–Crippen LogP) is 4.53. The molecule has 2 aromatic carbocycles. The van der Waals surface area contributed by atoms with Crippen molar-refractivity contribution in [3.05, 3.63) is 63.5 Å². The summed E-state index contributed by atoms with van der Waals surface area (Å²) in [7, 11) is 0. The molecule has 0 bridgehead atoms. The topological polar surface area (TPSA) is 58.6 Å². The van der Waals surface area contributed by atoms with Gasteiger partial charge in [-0.1, -0.05) is 26.0 Å². The summed E-state index contributed by atoms with van der Waals surface area (Å²) in [5.41, 5.74) is 0.744. The van der Waals surface area contributed by atoms with Gasteiger partial charge in [-0.25, -0.2) is 4.39 Å².